The molecule has 1 fully saturated rings. The van der Waals surface area contributed by atoms with Crippen LogP contribution < -0.4 is 5.32 Å². The van der Waals surface area contributed by atoms with Gasteiger partial charge in [-0.15, -0.1) is 0 Å². The Bertz CT molecular complexity index is 274. The average molecular weight is 237 g/mol. The second kappa shape index (κ2) is 6.01. The van der Waals surface area contributed by atoms with Crippen molar-refractivity contribution in [2.75, 3.05) is 13.2 Å². The van der Waals surface area contributed by atoms with E-state index in [9.17, 15) is 0 Å². The summed E-state index contributed by atoms with van der Waals surface area (Å²) in [6, 6.07) is 0.681. The van der Waals surface area contributed by atoms with Crippen molar-refractivity contribution < 1.29 is 4.74 Å². The molecular formula is C15H27NO. The number of hydrogen-bond donors (Lipinski definition) is 1. The molecule has 0 radical (unpaired) electrons. The second-order valence-electron chi connectivity index (χ2n) is 6.11. The molecule has 0 aromatic rings. The lowest BCUT2D eigenvalue weighted by Crippen LogP contribution is -2.40. The third kappa shape index (κ3) is 4.11. The van der Waals surface area contributed by atoms with Gasteiger partial charge in [-0.1, -0.05) is 18.6 Å². The van der Waals surface area contributed by atoms with Crippen LogP contribution in [0.15, 0.2) is 11.6 Å². The van der Waals surface area contributed by atoms with Crippen LogP contribution in [0.5, 0.6) is 0 Å². The summed E-state index contributed by atoms with van der Waals surface area (Å²) in [6.07, 6.45) is 7.87. The van der Waals surface area contributed by atoms with E-state index < -0.39 is 0 Å². The molecule has 1 aliphatic heterocycles. The fraction of sp³-hybridized carbons (Fsp3) is 0.867. The molecule has 1 N–H and O–H groups in total. The van der Waals surface area contributed by atoms with Gasteiger partial charge in [0.15, 0.2) is 0 Å². The van der Waals surface area contributed by atoms with Crippen molar-refractivity contribution in [2.24, 2.45) is 11.8 Å². The fourth-order valence-electron chi connectivity index (χ4n) is 3.36. The minimum absolute atomic E-state index is 0.438. The maximum atomic E-state index is 5.58. The Kier molecular flexibility index (Phi) is 4.63. The molecule has 0 aromatic heterocycles. The molecule has 0 bridgehead atoms. The van der Waals surface area contributed by atoms with E-state index in [-0.39, 0.29) is 0 Å². The summed E-state index contributed by atoms with van der Waals surface area (Å²) in [5.74, 6) is 1.61. The highest BCUT2D eigenvalue weighted by atomic mass is 16.5. The van der Waals surface area contributed by atoms with Crippen LogP contribution >= 0.6 is 0 Å². The Morgan fingerprint density at radius 3 is 2.88 bits per heavy atom. The van der Waals surface area contributed by atoms with Gasteiger partial charge in [-0.25, -0.2) is 0 Å². The van der Waals surface area contributed by atoms with Crippen LogP contribution in [0.2, 0.25) is 0 Å². The van der Waals surface area contributed by atoms with Crippen LogP contribution in [0.25, 0.3) is 0 Å². The van der Waals surface area contributed by atoms with E-state index in [4.69, 9.17) is 4.74 Å². The van der Waals surface area contributed by atoms with E-state index in [0.29, 0.717) is 12.1 Å². The van der Waals surface area contributed by atoms with Gasteiger partial charge in [-0.05, 0) is 57.9 Å². The van der Waals surface area contributed by atoms with Gasteiger partial charge in [0.1, 0.15) is 0 Å². The number of nitrogens with one attached hydrogen (secondary N) is 1. The molecule has 2 rings (SSSR count). The molecular weight excluding hydrogens is 210 g/mol. The summed E-state index contributed by atoms with van der Waals surface area (Å²) in [5.41, 5.74) is 1.58. The highest BCUT2D eigenvalue weighted by molar-refractivity contribution is 5.06. The first-order valence-corrected chi connectivity index (χ1v) is 7.15. The Morgan fingerprint density at radius 2 is 2.18 bits per heavy atom. The molecule has 1 saturated heterocycles. The molecule has 17 heavy (non-hydrogen) atoms. The third-order valence-electron chi connectivity index (χ3n) is 4.07. The molecule has 4 unspecified atom stereocenters. The van der Waals surface area contributed by atoms with Crippen LogP contribution in [-0.2, 0) is 4.74 Å². The Hall–Kier alpha value is -0.340. The minimum Gasteiger partial charge on any atom is -0.378 e. The topological polar surface area (TPSA) is 21.3 Å². The predicted octanol–water partition coefficient (Wildman–Crippen LogP) is 3.14. The Morgan fingerprint density at radius 1 is 1.35 bits per heavy atom. The fourth-order valence-corrected chi connectivity index (χ4v) is 3.36. The van der Waals surface area contributed by atoms with Crippen molar-refractivity contribution in [3.63, 3.8) is 0 Å². The number of allylic oxidation sites excluding steroid dienone is 2. The minimum atomic E-state index is 0.438. The first-order valence-electron chi connectivity index (χ1n) is 7.15. The van der Waals surface area contributed by atoms with Crippen molar-refractivity contribution in [2.45, 2.75) is 58.6 Å². The lowest BCUT2D eigenvalue weighted by Gasteiger charge is -2.31. The van der Waals surface area contributed by atoms with E-state index in [1.54, 1.807) is 5.57 Å². The highest BCUT2D eigenvalue weighted by Gasteiger charge is 2.22. The molecule has 2 nitrogen and oxygen atoms in total. The van der Waals surface area contributed by atoms with Crippen LogP contribution in [0.1, 0.15) is 46.5 Å². The summed E-state index contributed by atoms with van der Waals surface area (Å²) >= 11 is 0. The highest BCUT2D eigenvalue weighted by Crippen LogP contribution is 2.27. The van der Waals surface area contributed by atoms with Gasteiger partial charge in [0, 0.05) is 12.6 Å². The molecule has 2 aliphatic rings. The van der Waals surface area contributed by atoms with Gasteiger partial charge < -0.3 is 10.1 Å². The van der Waals surface area contributed by atoms with E-state index >= 15 is 0 Å². The van der Waals surface area contributed by atoms with E-state index in [1.165, 1.54) is 32.2 Å². The third-order valence-corrected chi connectivity index (χ3v) is 4.07. The quantitative estimate of drug-likeness (QED) is 0.761. The van der Waals surface area contributed by atoms with Crippen molar-refractivity contribution >= 4 is 0 Å². The smallest absolute Gasteiger partial charge is 0.0561 e. The van der Waals surface area contributed by atoms with Crippen molar-refractivity contribution in [3.05, 3.63) is 11.6 Å². The number of hydrogen-bond acceptors (Lipinski definition) is 2. The van der Waals surface area contributed by atoms with Crippen LogP contribution in [0.3, 0.4) is 0 Å². The summed E-state index contributed by atoms with van der Waals surface area (Å²) in [5, 5.41) is 3.76. The van der Waals surface area contributed by atoms with Crippen LogP contribution in [0, 0.1) is 11.8 Å². The Balaban J connectivity index is 1.73. The lowest BCUT2D eigenvalue weighted by molar-refractivity contribution is 0.0125. The van der Waals surface area contributed by atoms with Gasteiger partial charge in [0.05, 0.1) is 6.10 Å². The summed E-state index contributed by atoms with van der Waals surface area (Å²) in [4.78, 5) is 0. The van der Waals surface area contributed by atoms with E-state index in [1.807, 2.05) is 0 Å². The summed E-state index contributed by atoms with van der Waals surface area (Å²) in [7, 11) is 0. The monoisotopic (exact) mass is 237 g/mol. The molecule has 0 amide bonds. The molecule has 0 saturated carbocycles. The van der Waals surface area contributed by atoms with Gasteiger partial charge >= 0.3 is 0 Å². The van der Waals surface area contributed by atoms with Gasteiger partial charge in [0.25, 0.3) is 0 Å². The van der Waals surface area contributed by atoms with Crippen LogP contribution in [-0.4, -0.2) is 25.3 Å². The van der Waals surface area contributed by atoms with Crippen LogP contribution in [0.4, 0.5) is 0 Å². The van der Waals surface area contributed by atoms with Gasteiger partial charge in [-0.2, -0.15) is 0 Å². The van der Waals surface area contributed by atoms with E-state index in [2.05, 4.69) is 32.2 Å². The molecule has 0 aromatic carbocycles. The van der Waals surface area contributed by atoms with Crippen molar-refractivity contribution in [1.82, 2.24) is 5.32 Å². The maximum absolute atomic E-state index is 5.58. The zero-order valence-corrected chi connectivity index (χ0v) is 11.5. The maximum Gasteiger partial charge on any atom is 0.0561 e. The average Bonchev–Trinajstić information content (AvgIpc) is 2.25. The zero-order chi connectivity index (χ0) is 12.3. The number of ether oxygens (including phenoxy) is 1. The molecule has 2 heteroatoms. The molecule has 1 aliphatic carbocycles. The predicted molar refractivity (Wildman–Crippen MR) is 72.1 cm³/mol. The second-order valence-corrected chi connectivity index (χ2v) is 6.11. The molecule has 98 valence electrons. The van der Waals surface area contributed by atoms with Gasteiger partial charge in [0.2, 0.25) is 0 Å². The van der Waals surface area contributed by atoms with Crippen molar-refractivity contribution in [3.8, 4) is 0 Å². The first kappa shape index (κ1) is 13.1. The number of rotatable bonds is 3. The zero-order valence-electron chi connectivity index (χ0n) is 11.5. The normalized spacial score (nSPS) is 38.9. The standard InChI is InChI=1S/C15H27NO/c1-11-6-12(2)8-14(7-11)10-16-15-4-5-17-13(3)9-15/h6,11,13-16H,4-5,7-10H2,1-3H3. The molecule has 0 spiro atoms. The van der Waals surface area contributed by atoms with E-state index in [0.717, 1.165) is 18.4 Å². The lowest BCUT2D eigenvalue weighted by atomic mass is 9.83. The van der Waals surface area contributed by atoms with Crippen molar-refractivity contribution in [1.29, 1.82) is 0 Å². The molecule has 4 atom stereocenters. The van der Waals surface area contributed by atoms with Gasteiger partial charge in [-0.3, -0.25) is 0 Å². The SMILES string of the molecule is CC1=CC(C)CC(CNC2CCOC(C)C2)C1. The summed E-state index contributed by atoms with van der Waals surface area (Å²) in [6.45, 7) is 8.92. The molecule has 1 heterocycles. The summed E-state index contributed by atoms with van der Waals surface area (Å²) < 4.78 is 5.58. The largest absolute Gasteiger partial charge is 0.378 e. The Labute approximate surface area is 106 Å². The first-order chi connectivity index (χ1) is 8.13.